The molecule has 1 saturated heterocycles. The lowest BCUT2D eigenvalue weighted by Crippen LogP contribution is -2.56. The lowest BCUT2D eigenvalue weighted by molar-refractivity contribution is -0.143. The van der Waals surface area contributed by atoms with Crippen molar-refractivity contribution in [3.05, 3.63) is 34.9 Å². The number of rotatable bonds is 4. The zero-order valence-electron chi connectivity index (χ0n) is 11.6. The van der Waals surface area contributed by atoms with Crippen molar-refractivity contribution in [2.45, 2.75) is 32.2 Å². The average molecular weight is 295 g/mol. The van der Waals surface area contributed by atoms with E-state index in [1.165, 1.54) is 0 Å². The average Bonchev–Trinajstić information content (AvgIpc) is 2.46. The summed E-state index contributed by atoms with van der Waals surface area (Å²) in [6, 6.07) is 7.20. The first-order chi connectivity index (χ1) is 9.63. The summed E-state index contributed by atoms with van der Waals surface area (Å²) >= 11 is 6.08. The van der Waals surface area contributed by atoms with E-state index in [2.05, 4.69) is 5.32 Å². The number of carbonyl (C=O) groups is 2. The van der Waals surface area contributed by atoms with Gasteiger partial charge in [0.05, 0.1) is 0 Å². The van der Waals surface area contributed by atoms with Crippen LogP contribution in [0, 0.1) is 0 Å². The first kappa shape index (κ1) is 14.9. The van der Waals surface area contributed by atoms with Crippen LogP contribution in [-0.2, 0) is 16.0 Å². The molecule has 0 bridgehead atoms. The van der Waals surface area contributed by atoms with Crippen LogP contribution in [0.3, 0.4) is 0 Å². The molecule has 0 aliphatic carbocycles. The number of aryl methyl sites for hydroxylation is 1. The molecule has 1 aromatic rings. The summed E-state index contributed by atoms with van der Waals surface area (Å²) in [7, 11) is 0. The smallest absolute Gasteiger partial charge is 0.242 e. The fraction of sp³-hybridized carbons (Fsp3) is 0.467. The van der Waals surface area contributed by atoms with Gasteiger partial charge in [-0.1, -0.05) is 36.7 Å². The van der Waals surface area contributed by atoms with Crippen molar-refractivity contribution in [1.29, 1.82) is 0 Å². The molecule has 1 N–H and O–H groups in total. The molecule has 108 valence electrons. The van der Waals surface area contributed by atoms with Crippen LogP contribution in [0.25, 0.3) is 0 Å². The molecule has 20 heavy (non-hydrogen) atoms. The van der Waals surface area contributed by atoms with Crippen LogP contribution in [0.4, 0.5) is 0 Å². The molecular formula is C15H19ClN2O2. The van der Waals surface area contributed by atoms with Crippen LogP contribution in [-0.4, -0.2) is 35.8 Å². The number of amides is 2. The van der Waals surface area contributed by atoms with Gasteiger partial charge in [0.2, 0.25) is 11.8 Å². The van der Waals surface area contributed by atoms with Crippen LogP contribution < -0.4 is 5.32 Å². The van der Waals surface area contributed by atoms with E-state index >= 15 is 0 Å². The minimum absolute atomic E-state index is 0.0200. The van der Waals surface area contributed by atoms with Gasteiger partial charge in [-0.25, -0.2) is 0 Å². The van der Waals surface area contributed by atoms with Crippen molar-refractivity contribution >= 4 is 23.4 Å². The Morgan fingerprint density at radius 1 is 1.45 bits per heavy atom. The second-order valence-electron chi connectivity index (χ2n) is 4.89. The minimum Gasteiger partial charge on any atom is -0.353 e. The molecule has 1 unspecified atom stereocenters. The largest absolute Gasteiger partial charge is 0.353 e. The third-order valence-electron chi connectivity index (χ3n) is 3.60. The molecule has 1 fully saturated rings. The van der Waals surface area contributed by atoms with E-state index in [1.807, 2.05) is 31.2 Å². The topological polar surface area (TPSA) is 49.4 Å². The highest BCUT2D eigenvalue weighted by Crippen LogP contribution is 2.18. The van der Waals surface area contributed by atoms with Gasteiger partial charge in [-0.15, -0.1) is 0 Å². The summed E-state index contributed by atoms with van der Waals surface area (Å²) < 4.78 is 0. The monoisotopic (exact) mass is 294 g/mol. The summed E-state index contributed by atoms with van der Waals surface area (Å²) in [6.45, 7) is 3.04. The molecule has 5 heteroatoms. The number of piperazine rings is 1. The normalized spacial score (nSPS) is 18.8. The Labute approximate surface area is 124 Å². The molecular weight excluding hydrogens is 276 g/mol. The zero-order valence-corrected chi connectivity index (χ0v) is 12.3. The van der Waals surface area contributed by atoms with Crippen molar-refractivity contribution < 1.29 is 9.59 Å². The summed E-state index contributed by atoms with van der Waals surface area (Å²) in [5.74, 6) is -0.0311. The second kappa shape index (κ2) is 6.75. The molecule has 2 amide bonds. The number of nitrogens with one attached hydrogen (secondary N) is 1. The van der Waals surface area contributed by atoms with Crippen LogP contribution >= 0.6 is 11.6 Å². The predicted molar refractivity (Wildman–Crippen MR) is 78.6 cm³/mol. The zero-order chi connectivity index (χ0) is 14.5. The number of halogens is 1. The molecule has 1 aliphatic rings. The third kappa shape index (κ3) is 3.31. The van der Waals surface area contributed by atoms with Crippen molar-refractivity contribution in [3.63, 3.8) is 0 Å². The maximum Gasteiger partial charge on any atom is 0.242 e. The molecule has 1 atom stereocenters. The van der Waals surface area contributed by atoms with E-state index < -0.39 is 0 Å². The minimum atomic E-state index is -0.331. The van der Waals surface area contributed by atoms with Gasteiger partial charge in [0.25, 0.3) is 0 Å². The van der Waals surface area contributed by atoms with Gasteiger partial charge < -0.3 is 10.2 Å². The van der Waals surface area contributed by atoms with Crippen LogP contribution in [0.2, 0.25) is 5.02 Å². The molecule has 0 saturated carbocycles. The lowest BCUT2D eigenvalue weighted by Gasteiger charge is -2.34. The third-order valence-corrected chi connectivity index (χ3v) is 3.97. The van der Waals surface area contributed by atoms with Gasteiger partial charge in [-0.2, -0.15) is 0 Å². The number of nitrogens with zero attached hydrogens (tertiary/aromatic N) is 1. The number of carbonyl (C=O) groups excluding carboxylic acids is 2. The maximum absolute atomic E-state index is 12.3. The summed E-state index contributed by atoms with van der Waals surface area (Å²) in [4.78, 5) is 25.7. The number of benzene rings is 1. The first-order valence-electron chi connectivity index (χ1n) is 6.94. The van der Waals surface area contributed by atoms with Crippen LogP contribution in [0.15, 0.2) is 24.3 Å². The standard InChI is InChI=1S/C15H19ClN2O2/c1-2-13-15(20)17-9-10-18(13)14(19)8-7-11-5-3-4-6-12(11)16/h3-6,13H,2,7-10H2,1H3,(H,17,20). The van der Waals surface area contributed by atoms with Gasteiger partial charge in [0.15, 0.2) is 0 Å². The molecule has 0 aromatic heterocycles. The van der Waals surface area contributed by atoms with Crippen molar-refractivity contribution in [1.82, 2.24) is 10.2 Å². The summed E-state index contributed by atoms with van der Waals surface area (Å²) in [5, 5.41) is 3.48. The predicted octanol–water partition coefficient (Wildman–Crippen LogP) is 2.01. The van der Waals surface area contributed by atoms with Crippen LogP contribution in [0.1, 0.15) is 25.3 Å². The molecule has 2 rings (SSSR count). The first-order valence-corrected chi connectivity index (χ1v) is 7.32. The van der Waals surface area contributed by atoms with E-state index in [4.69, 9.17) is 11.6 Å². The Morgan fingerprint density at radius 2 is 2.20 bits per heavy atom. The Bertz CT molecular complexity index is 504. The molecule has 1 aromatic carbocycles. The summed E-state index contributed by atoms with van der Waals surface area (Å²) in [5.41, 5.74) is 0.969. The maximum atomic E-state index is 12.3. The van der Waals surface area contributed by atoms with E-state index in [9.17, 15) is 9.59 Å². The quantitative estimate of drug-likeness (QED) is 0.923. The Balaban J connectivity index is 1.97. The van der Waals surface area contributed by atoms with Crippen molar-refractivity contribution in [3.8, 4) is 0 Å². The number of hydrogen-bond acceptors (Lipinski definition) is 2. The van der Waals surface area contributed by atoms with Gasteiger partial charge in [0.1, 0.15) is 6.04 Å². The summed E-state index contributed by atoms with van der Waals surface area (Å²) in [6.07, 6.45) is 1.63. The molecule has 1 aliphatic heterocycles. The van der Waals surface area contributed by atoms with E-state index in [0.29, 0.717) is 37.4 Å². The van der Waals surface area contributed by atoms with E-state index in [0.717, 1.165) is 5.56 Å². The Hall–Kier alpha value is -1.55. The second-order valence-corrected chi connectivity index (χ2v) is 5.30. The van der Waals surface area contributed by atoms with Crippen LogP contribution in [0.5, 0.6) is 0 Å². The van der Waals surface area contributed by atoms with Gasteiger partial charge in [-0.3, -0.25) is 9.59 Å². The van der Waals surface area contributed by atoms with Gasteiger partial charge >= 0.3 is 0 Å². The highest BCUT2D eigenvalue weighted by atomic mass is 35.5. The van der Waals surface area contributed by atoms with E-state index in [-0.39, 0.29) is 17.9 Å². The fourth-order valence-electron chi connectivity index (χ4n) is 2.51. The SMILES string of the molecule is CCC1C(=O)NCCN1C(=O)CCc1ccccc1Cl. The fourth-order valence-corrected chi connectivity index (χ4v) is 2.74. The number of hydrogen-bond donors (Lipinski definition) is 1. The van der Waals surface area contributed by atoms with Gasteiger partial charge in [0, 0.05) is 24.5 Å². The molecule has 0 spiro atoms. The highest BCUT2D eigenvalue weighted by molar-refractivity contribution is 6.31. The Morgan fingerprint density at radius 3 is 2.90 bits per heavy atom. The van der Waals surface area contributed by atoms with Crippen molar-refractivity contribution in [2.75, 3.05) is 13.1 Å². The Kier molecular flexibility index (Phi) is 5.01. The lowest BCUT2D eigenvalue weighted by atomic mass is 10.1. The molecule has 0 radical (unpaired) electrons. The molecule has 4 nitrogen and oxygen atoms in total. The highest BCUT2D eigenvalue weighted by Gasteiger charge is 2.31. The molecule has 1 heterocycles. The van der Waals surface area contributed by atoms with Gasteiger partial charge in [-0.05, 0) is 24.5 Å². The van der Waals surface area contributed by atoms with E-state index in [1.54, 1.807) is 4.90 Å². The van der Waals surface area contributed by atoms with Crippen molar-refractivity contribution in [2.24, 2.45) is 0 Å².